The maximum absolute atomic E-state index is 12.3. The molecule has 1 aromatic heterocycles. The third-order valence-electron chi connectivity index (χ3n) is 3.90. The van der Waals surface area contributed by atoms with Gasteiger partial charge in [0.05, 0.1) is 18.5 Å². The zero-order chi connectivity index (χ0) is 16.8. The summed E-state index contributed by atoms with van der Waals surface area (Å²) in [7, 11) is 0. The lowest BCUT2D eigenvalue weighted by molar-refractivity contribution is 0.102. The lowest BCUT2D eigenvalue weighted by atomic mass is 10.2. The molecule has 134 valence electrons. The first kappa shape index (κ1) is 19.0. The smallest absolute Gasteiger partial charge is 0.256 e. The average Bonchev–Trinajstić information content (AvgIpc) is 2.64. The Kier molecular flexibility index (Phi) is 7.03. The number of rotatable bonds is 5. The molecule has 0 saturated carbocycles. The van der Waals surface area contributed by atoms with Gasteiger partial charge in [0.25, 0.3) is 5.91 Å². The van der Waals surface area contributed by atoms with Crippen molar-refractivity contribution >= 4 is 29.8 Å². The first-order chi connectivity index (χ1) is 11.8. The molecule has 2 aromatic rings. The minimum Gasteiger partial charge on any atom is -0.494 e. The van der Waals surface area contributed by atoms with Crippen LogP contribution < -0.4 is 20.3 Å². The zero-order valence-electron chi connectivity index (χ0n) is 14.2. The maximum Gasteiger partial charge on any atom is 0.256 e. The van der Waals surface area contributed by atoms with Gasteiger partial charge in [-0.05, 0) is 43.3 Å². The van der Waals surface area contributed by atoms with Crippen molar-refractivity contribution < 1.29 is 9.53 Å². The van der Waals surface area contributed by atoms with Gasteiger partial charge in [0.1, 0.15) is 11.6 Å². The second kappa shape index (κ2) is 9.25. The predicted molar refractivity (Wildman–Crippen MR) is 102 cm³/mol. The van der Waals surface area contributed by atoms with Gasteiger partial charge in [-0.2, -0.15) is 0 Å². The fourth-order valence-corrected chi connectivity index (χ4v) is 2.63. The normalized spacial score (nSPS) is 13.7. The number of ether oxygens (including phenoxy) is 1. The lowest BCUT2D eigenvalue weighted by Crippen LogP contribution is -2.43. The topological polar surface area (TPSA) is 66.5 Å². The number of hydrogen-bond acceptors (Lipinski definition) is 5. The van der Waals surface area contributed by atoms with Crippen LogP contribution in [0.2, 0.25) is 0 Å². The Balaban J connectivity index is 0.00000225. The minimum absolute atomic E-state index is 0. The summed E-state index contributed by atoms with van der Waals surface area (Å²) in [4.78, 5) is 18.9. The molecule has 0 radical (unpaired) electrons. The van der Waals surface area contributed by atoms with E-state index in [1.165, 1.54) is 0 Å². The van der Waals surface area contributed by atoms with E-state index in [1.807, 2.05) is 19.1 Å². The molecule has 0 spiro atoms. The molecule has 0 atom stereocenters. The summed E-state index contributed by atoms with van der Waals surface area (Å²) in [6.07, 6.45) is 1.80. The number of carbonyl (C=O) groups excluding carboxylic acids is 1. The Morgan fingerprint density at radius 3 is 2.52 bits per heavy atom. The van der Waals surface area contributed by atoms with Crippen molar-refractivity contribution in [1.82, 2.24) is 10.3 Å². The minimum atomic E-state index is -0.180. The van der Waals surface area contributed by atoms with E-state index in [1.54, 1.807) is 30.5 Å². The van der Waals surface area contributed by atoms with Crippen LogP contribution in [-0.4, -0.2) is 43.7 Å². The molecule has 1 aliphatic heterocycles. The number of hydrogen-bond donors (Lipinski definition) is 2. The van der Waals surface area contributed by atoms with Gasteiger partial charge in [0.15, 0.2) is 0 Å². The second-order valence-corrected chi connectivity index (χ2v) is 5.55. The van der Waals surface area contributed by atoms with Crippen LogP contribution in [0.25, 0.3) is 0 Å². The molecule has 1 saturated heterocycles. The zero-order valence-corrected chi connectivity index (χ0v) is 15.0. The molecule has 7 heteroatoms. The largest absolute Gasteiger partial charge is 0.494 e. The van der Waals surface area contributed by atoms with Gasteiger partial charge < -0.3 is 20.3 Å². The predicted octanol–water partition coefficient (Wildman–Crippen LogP) is 2.56. The highest BCUT2D eigenvalue weighted by Crippen LogP contribution is 2.17. The quantitative estimate of drug-likeness (QED) is 0.855. The van der Waals surface area contributed by atoms with Crippen LogP contribution in [0.1, 0.15) is 17.3 Å². The molecule has 1 fully saturated rings. The van der Waals surface area contributed by atoms with Gasteiger partial charge in [0, 0.05) is 31.7 Å². The average molecular weight is 363 g/mol. The van der Waals surface area contributed by atoms with E-state index in [2.05, 4.69) is 20.5 Å². The van der Waals surface area contributed by atoms with E-state index in [-0.39, 0.29) is 18.3 Å². The number of pyridine rings is 1. The van der Waals surface area contributed by atoms with Crippen molar-refractivity contribution in [3.63, 3.8) is 0 Å². The Bertz CT molecular complexity index is 670. The first-order valence-electron chi connectivity index (χ1n) is 8.22. The second-order valence-electron chi connectivity index (χ2n) is 5.55. The highest BCUT2D eigenvalue weighted by atomic mass is 35.5. The highest BCUT2D eigenvalue weighted by Gasteiger charge is 2.11. The number of nitrogens with zero attached hydrogens (tertiary/aromatic N) is 2. The molecule has 0 unspecified atom stereocenters. The molecular formula is C18H23ClN4O2. The van der Waals surface area contributed by atoms with Gasteiger partial charge in [-0.15, -0.1) is 12.4 Å². The van der Waals surface area contributed by atoms with Crippen LogP contribution >= 0.6 is 12.4 Å². The number of anilines is 2. The number of benzene rings is 1. The molecule has 0 bridgehead atoms. The lowest BCUT2D eigenvalue weighted by Gasteiger charge is -2.29. The van der Waals surface area contributed by atoms with Crippen molar-refractivity contribution in [2.45, 2.75) is 6.92 Å². The van der Waals surface area contributed by atoms with E-state index in [0.717, 1.165) is 37.6 Å². The monoisotopic (exact) mass is 362 g/mol. The van der Waals surface area contributed by atoms with Crippen molar-refractivity contribution in [1.29, 1.82) is 0 Å². The summed E-state index contributed by atoms with van der Waals surface area (Å²) in [5.41, 5.74) is 1.65. The van der Waals surface area contributed by atoms with Crippen molar-refractivity contribution in [3.05, 3.63) is 48.2 Å². The summed E-state index contributed by atoms with van der Waals surface area (Å²) in [6, 6.07) is 10.9. The molecule has 6 nitrogen and oxygen atoms in total. The standard InChI is InChI=1S/C18H22N4O2.ClH/c1-2-24-16-6-3-14(4-7-16)18(23)21-17-8-5-15(13-20-17)22-11-9-19-10-12-22;/h3-8,13,19H,2,9-12H2,1H3,(H,20,21,23);1H. The van der Waals surface area contributed by atoms with Crippen molar-refractivity contribution in [3.8, 4) is 5.75 Å². The molecule has 2 N–H and O–H groups in total. The summed E-state index contributed by atoms with van der Waals surface area (Å²) in [5, 5.41) is 6.14. The van der Waals surface area contributed by atoms with E-state index in [4.69, 9.17) is 4.74 Å². The van der Waals surface area contributed by atoms with Crippen LogP contribution in [0.3, 0.4) is 0 Å². The molecule has 1 aliphatic rings. The van der Waals surface area contributed by atoms with Crippen LogP contribution in [0.15, 0.2) is 42.6 Å². The first-order valence-corrected chi connectivity index (χ1v) is 8.22. The van der Waals surface area contributed by atoms with Crippen LogP contribution in [-0.2, 0) is 0 Å². The Hall–Kier alpha value is -2.31. The SMILES string of the molecule is CCOc1ccc(C(=O)Nc2ccc(N3CCNCC3)cn2)cc1.Cl. The fourth-order valence-electron chi connectivity index (χ4n) is 2.63. The van der Waals surface area contributed by atoms with Crippen molar-refractivity contribution in [2.75, 3.05) is 43.0 Å². The Morgan fingerprint density at radius 2 is 1.92 bits per heavy atom. The Morgan fingerprint density at radius 1 is 1.20 bits per heavy atom. The number of amides is 1. The van der Waals surface area contributed by atoms with E-state index in [9.17, 15) is 4.79 Å². The summed E-state index contributed by atoms with van der Waals surface area (Å²) < 4.78 is 5.38. The van der Waals surface area contributed by atoms with Crippen molar-refractivity contribution in [2.24, 2.45) is 0 Å². The number of aromatic nitrogens is 1. The van der Waals surface area contributed by atoms with Crippen LogP contribution in [0.5, 0.6) is 5.75 Å². The Labute approximate surface area is 154 Å². The van der Waals surface area contributed by atoms with Gasteiger partial charge in [-0.3, -0.25) is 4.79 Å². The van der Waals surface area contributed by atoms with E-state index in [0.29, 0.717) is 18.0 Å². The molecule has 3 rings (SSSR count). The van der Waals surface area contributed by atoms with Gasteiger partial charge in [-0.25, -0.2) is 4.98 Å². The summed E-state index contributed by atoms with van der Waals surface area (Å²) in [6.45, 7) is 6.44. The molecule has 0 aliphatic carbocycles. The van der Waals surface area contributed by atoms with Crippen LogP contribution in [0, 0.1) is 0 Å². The number of carbonyl (C=O) groups is 1. The van der Waals surface area contributed by atoms with Gasteiger partial charge in [0.2, 0.25) is 0 Å². The molecule has 2 heterocycles. The molecular weight excluding hydrogens is 340 g/mol. The number of piperazine rings is 1. The summed E-state index contributed by atoms with van der Waals surface area (Å²) >= 11 is 0. The summed E-state index contributed by atoms with van der Waals surface area (Å²) in [5.74, 6) is 1.13. The number of nitrogens with one attached hydrogen (secondary N) is 2. The molecule has 1 aromatic carbocycles. The maximum atomic E-state index is 12.3. The number of halogens is 1. The highest BCUT2D eigenvalue weighted by molar-refractivity contribution is 6.03. The van der Waals surface area contributed by atoms with Crippen LogP contribution in [0.4, 0.5) is 11.5 Å². The van der Waals surface area contributed by atoms with Gasteiger partial charge in [-0.1, -0.05) is 0 Å². The third-order valence-corrected chi connectivity index (χ3v) is 3.90. The molecule has 1 amide bonds. The molecule has 25 heavy (non-hydrogen) atoms. The van der Waals surface area contributed by atoms with E-state index >= 15 is 0 Å². The fraction of sp³-hybridized carbons (Fsp3) is 0.333. The third kappa shape index (κ3) is 5.08. The van der Waals surface area contributed by atoms with E-state index < -0.39 is 0 Å². The van der Waals surface area contributed by atoms with Gasteiger partial charge >= 0.3 is 0 Å².